The van der Waals surface area contributed by atoms with Gasteiger partial charge < -0.3 is 20.5 Å². The molecule has 0 bridgehead atoms. The average Bonchev–Trinajstić information content (AvgIpc) is 3.32. The first-order valence-electron chi connectivity index (χ1n) is 13.1. The van der Waals surface area contributed by atoms with Crippen LogP contribution in [0.15, 0.2) is 66.7 Å². The van der Waals surface area contributed by atoms with E-state index in [0.717, 1.165) is 55.6 Å². The molecule has 1 saturated carbocycles. The number of carbonyl (C=O) groups is 1. The van der Waals surface area contributed by atoms with Crippen molar-refractivity contribution >= 4 is 34.3 Å². The van der Waals surface area contributed by atoms with Gasteiger partial charge in [0.25, 0.3) is 0 Å². The van der Waals surface area contributed by atoms with Gasteiger partial charge in [0.15, 0.2) is 6.10 Å². The first-order valence-corrected chi connectivity index (χ1v) is 13.5. The van der Waals surface area contributed by atoms with E-state index in [2.05, 4.69) is 16.7 Å². The molecule has 1 atom stereocenters. The fourth-order valence-corrected chi connectivity index (χ4v) is 5.96. The second-order valence-corrected chi connectivity index (χ2v) is 10.7. The normalized spacial score (nSPS) is 18.7. The van der Waals surface area contributed by atoms with Crippen molar-refractivity contribution < 1.29 is 14.6 Å². The Labute approximate surface area is 232 Å². The summed E-state index contributed by atoms with van der Waals surface area (Å²) in [4.78, 5) is 23.1. The molecule has 3 N–H and O–H groups in total. The smallest absolute Gasteiger partial charge is 0.245 e. The molecule has 4 heterocycles. The highest BCUT2D eigenvalue weighted by Crippen LogP contribution is 2.50. The van der Waals surface area contributed by atoms with Crippen LogP contribution in [0.4, 0.5) is 0 Å². The van der Waals surface area contributed by atoms with E-state index in [-0.39, 0.29) is 24.0 Å². The van der Waals surface area contributed by atoms with Crippen molar-refractivity contribution in [3.8, 4) is 5.75 Å². The standard InChI is InChI=1S/C29H33ClN6O3/c1-3-27(38)35-10-7-29(8-11-35)13-21(14-29)34-19(2)22(15-31)20-12-25(28-23(30)16-33-36(28)17-20)39-26(18-37)24-6-4-5-9-32-24/h3-6,9,12,15-17,21,26,37H,1,7-8,10-11,13-14,18,31H2,2H3/b22-15+,34-19?. The van der Waals surface area contributed by atoms with E-state index in [0.29, 0.717) is 22.0 Å². The summed E-state index contributed by atoms with van der Waals surface area (Å²) >= 11 is 6.45. The number of amides is 1. The number of hydrogen-bond acceptors (Lipinski definition) is 7. The molecule has 2 fully saturated rings. The van der Waals surface area contributed by atoms with Gasteiger partial charge in [0, 0.05) is 48.5 Å². The predicted molar refractivity (Wildman–Crippen MR) is 152 cm³/mol. The van der Waals surface area contributed by atoms with E-state index in [1.807, 2.05) is 36.2 Å². The van der Waals surface area contributed by atoms with E-state index >= 15 is 0 Å². The van der Waals surface area contributed by atoms with Crippen LogP contribution in [0.25, 0.3) is 11.1 Å². The van der Waals surface area contributed by atoms with Gasteiger partial charge in [-0.05, 0) is 62.3 Å². The number of hydrogen-bond donors (Lipinski definition) is 2. The van der Waals surface area contributed by atoms with E-state index in [4.69, 9.17) is 27.1 Å². The molecule has 1 amide bonds. The molecule has 1 saturated heterocycles. The molecule has 3 aromatic rings. The lowest BCUT2D eigenvalue weighted by Gasteiger charge is -2.51. The number of aliphatic hydroxyl groups excluding tert-OH is 1. The van der Waals surface area contributed by atoms with Crippen LogP contribution in [0.1, 0.15) is 50.0 Å². The molecular weight excluding hydrogens is 516 g/mol. The van der Waals surface area contributed by atoms with Crippen molar-refractivity contribution in [3.05, 3.63) is 78.0 Å². The summed E-state index contributed by atoms with van der Waals surface area (Å²) in [6.07, 6.45) is 11.3. The molecule has 10 heteroatoms. The molecule has 5 rings (SSSR count). The molecule has 9 nitrogen and oxygen atoms in total. The van der Waals surface area contributed by atoms with Gasteiger partial charge in [-0.3, -0.25) is 14.8 Å². The van der Waals surface area contributed by atoms with Crippen LogP contribution >= 0.6 is 11.6 Å². The number of fused-ring (bicyclic) bond motifs is 1. The molecule has 0 aromatic carbocycles. The van der Waals surface area contributed by atoms with E-state index in [1.54, 1.807) is 29.2 Å². The summed E-state index contributed by atoms with van der Waals surface area (Å²) in [5, 5.41) is 14.8. The summed E-state index contributed by atoms with van der Waals surface area (Å²) < 4.78 is 7.89. The number of aromatic nitrogens is 3. The first-order chi connectivity index (χ1) is 18.9. The minimum Gasteiger partial charge on any atom is -0.479 e. The molecule has 1 aliphatic carbocycles. The van der Waals surface area contributed by atoms with Gasteiger partial charge in [0.1, 0.15) is 11.3 Å². The topological polar surface area (TPSA) is 118 Å². The molecular formula is C29H33ClN6O3. The fourth-order valence-electron chi connectivity index (χ4n) is 5.74. The Morgan fingerprint density at radius 3 is 2.79 bits per heavy atom. The van der Waals surface area contributed by atoms with Crippen molar-refractivity contribution in [1.29, 1.82) is 0 Å². The Bertz CT molecular complexity index is 1420. The third-order valence-electron chi connectivity index (χ3n) is 7.88. The maximum Gasteiger partial charge on any atom is 0.245 e. The SMILES string of the molecule is C=CC(=O)N1CCC2(CC1)CC(N=C(C)/C(=C\N)c1cc(OC(CO)c3ccccn3)c3c(Cl)cnn3c1)C2. The zero-order valence-corrected chi connectivity index (χ0v) is 22.7. The number of nitrogens with two attached hydrogens (primary N) is 1. The lowest BCUT2D eigenvalue weighted by atomic mass is 9.60. The van der Waals surface area contributed by atoms with E-state index in [9.17, 15) is 9.90 Å². The number of rotatable bonds is 8. The lowest BCUT2D eigenvalue weighted by Crippen LogP contribution is -2.49. The molecule has 1 spiro atoms. The van der Waals surface area contributed by atoms with Crippen LogP contribution in [0.3, 0.4) is 0 Å². The number of piperidine rings is 1. The molecule has 3 aromatic heterocycles. The maximum atomic E-state index is 11.9. The van der Waals surface area contributed by atoms with Crippen LogP contribution in [0.2, 0.25) is 5.02 Å². The van der Waals surface area contributed by atoms with Crippen LogP contribution < -0.4 is 10.5 Å². The largest absolute Gasteiger partial charge is 0.479 e. The van der Waals surface area contributed by atoms with Crippen LogP contribution in [0, 0.1) is 5.41 Å². The predicted octanol–water partition coefficient (Wildman–Crippen LogP) is 4.21. The zero-order valence-electron chi connectivity index (χ0n) is 22.0. The Kier molecular flexibility index (Phi) is 7.72. The van der Waals surface area contributed by atoms with Gasteiger partial charge in [-0.1, -0.05) is 24.2 Å². The number of nitrogens with zero attached hydrogens (tertiary/aromatic N) is 5. The first kappa shape index (κ1) is 26.9. The van der Waals surface area contributed by atoms with Crippen molar-refractivity contribution in [2.45, 2.75) is 44.8 Å². The number of allylic oxidation sites excluding steroid dienone is 1. The zero-order chi connectivity index (χ0) is 27.6. The van der Waals surface area contributed by atoms with Gasteiger partial charge in [-0.2, -0.15) is 5.10 Å². The Morgan fingerprint density at radius 1 is 1.38 bits per heavy atom. The van der Waals surface area contributed by atoms with Gasteiger partial charge in [0.2, 0.25) is 5.91 Å². The minimum absolute atomic E-state index is 0.0106. The highest BCUT2D eigenvalue weighted by atomic mass is 35.5. The maximum absolute atomic E-state index is 11.9. The molecule has 1 unspecified atom stereocenters. The third-order valence-corrected chi connectivity index (χ3v) is 8.15. The van der Waals surface area contributed by atoms with Crippen LogP contribution in [-0.4, -0.2) is 62.0 Å². The van der Waals surface area contributed by atoms with Crippen molar-refractivity contribution in [2.24, 2.45) is 16.1 Å². The van der Waals surface area contributed by atoms with E-state index < -0.39 is 6.10 Å². The summed E-state index contributed by atoms with van der Waals surface area (Å²) in [6.45, 7) is 6.84. The Morgan fingerprint density at radius 2 is 2.15 bits per heavy atom. The summed E-state index contributed by atoms with van der Waals surface area (Å²) in [6, 6.07) is 7.51. The highest BCUT2D eigenvalue weighted by molar-refractivity contribution is 6.34. The van der Waals surface area contributed by atoms with Gasteiger partial charge in [0.05, 0.1) is 29.6 Å². The Balaban J connectivity index is 1.35. The van der Waals surface area contributed by atoms with E-state index in [1.165, 1.54) is 6.08 Å². The molecule has 1 aliphatic heterocycles. The number of carbonyl (C=O) groups excluding carboxylic acids is 1. The quantitative estimate of drug-likeness (QED) is 0.321. The van der Waals surface area contributed by atoms with Crippen LogP contribution in [-0.2, 0) is 4.79 Å². The minimum atomic E-state index is -0.685. The van der Waals surface area contributed by atoms with Crippen molar-refractivity contribution in [1.82, 2.24) is 19.5 Å². The number of likely N-dealkylation sites (tertiary alicyclic amines) is 1. The molecule has 39 heavy (non-hydrogen) atoms. The van der Waals surface area contributed by atoms with Gasteiger partial charge in [-0.15, -0.1) is 0 Å². The Hall–Kier alpha value is -3.69. The van der Waals surface area contributed by atoms with Crippen molar-refractivity contribution in [3.63, 3.8) is 0 Å². The second kappa shape index (κ2) is 11.2. The molecule has 2 aliphatic rings. The third kappa shape index (κ3) is 5.42. The fraction of sp³-hybridized carbons (Fsp3) is 0.379. The molecule has 204 valence electrons. The highest BCUT2D eigenvalue weighted by Gasteiger charge is 2.46. The summed E-state index contributed by atoms with van der Waals surface area (Å²) in [5.41, 5.74) is 9.92. The van der Waals surface area contributed by atoms with Gasteiger partial charge >= 0.3 is 0 Å². The number of ether oxygens (including phenoxy) is 1. The average molecular weight is 549 g/mol. The number of pyridine rings is 2. The second-order valence-electron chi connectivity index (χ2n) is 10.3. The van der Waals surface area contributed by atoms with Gasteiger partial charge in [-0.25, -0.2) is 4.52 Å². The monoisotopic (exact) mass is 548 g/mol. The molecule has 0 radical (unpaired) electrons. The summed E-state index contributed by atoms with van der Waals surface area (Å²) in [5.74, 6) is 0.465. The van der Waals surface area contributed by atoms with Crippen LogP contribution in [0.5, 0.6) is 5.75 Å². The lowest BCUT2D eigenvalue weighted by molar-refractivity contribution is -0.129. The summed E-state index contributed by atoms with van der Waals surface area (Å²) in [7, 11) is 0. The number of halogens is 1. The number of aliphatic hydroxyl groups is 1. The van der Waals surface area contributed by atoms with Crippen molar-refractivity contribution in [2.75, 3.05) is 19.7 Å². The number of aliphatic imine (C=N–C) groups is 1.